The Morgan fingerprint density at radius 1 is 1.48 bits per heavy atom. The first-order chi connectivity index (χ1) is 10.0. The zero-order valence-corrected chi connectivity index (χ0v) is 12.1. The molecule has 1 saturated heterocycles. The fraction of sp³-hybridized carbons (Fsp3) is 0.583. The Bertz CT molecular complexity index is 550. The molecule has 0 atom stereocenters. The molecular weight excluding hydrogens is 276 g/mol. The Hall–Kier alpha value is -2.45. The summed E-state index contributed by atoms with van der Waals surface area (Å²) in [4.78, 5) is 34.0. The first kappa shape index (κ1) is 14.9. The molecule has 0 aliphatic carbocycles. The van der Waals surface area contributed by atoms with Gasteiger partial charge in [0, 0.05) is 26.7 Å². The Morgan fingerprint density at radius 2 is 2.24 bits per heavy atom. The number of nitro groups is 1. The zero-order valence-electron chi connectivity index (χ0n) is 12.1. The lowest BCUT2D eigenvalue weighted by Crippen LogP contribution is -2.35. The molecule has 21 heavy (non-hydrogen) atoms. The van der Waals surface area contributed by atoms with E-state index in [0.717, 1.165) is 6.42 Å². The molecular formula is C12H18N6O3. The Labute approximate surface area is 122 Å². The molecule has 9 heteroatoms. The highest BCUT2D eigenvalue weighted by Gasteiger charge is 2.27. The highest BCUT2D eigenvalue weighted by Crippen LogP contribution is 2.27. The SMILES string of the molecule is CCNc1ncc([N+](=O)[O-])c(N2CCCN(C)C(=O)C2)n1. The first-order valence-corrected chi connectivity index (χ1v) is 6.77. The third-order valence-corrected chi connectivity index (χ3v) is 3.25. The maximum atomic E-state index is 11.9. The third kappa shape index (κ3) is 3.36. The average molecular weight is 294 g/mol. The van der Waals surface area contributed by atoms with E-state index in [1.165, 1.54) is 6.20 Å². The molecule has 0 bridgehead atoms. The number of hydrogen-bond donors (Lipinski definition) is 1. The van der Waals surface area contributed by atoms with Crippen molar-refractivity contribution in [2.75, 3.05) is 43.4 Å². The van der Waals surface area contributed by atoms with Gasteiger partial charge in [-0.05, 0) is 13.3 Å². The van der Waals surface area contributed by atoms with Gasteiger partial charge in [-0.15, -0.1) is 0 Å². The monoisotopic (exact) mass is 294 g/mol. The molecule has 1 N–H and O–H groups in total. The number of carbonyl (C=O) groups excluding carboxylic acids is 1. The zero-order chi connectivity index (χ0) is 15.4. The lowest BCUT2D eigenvalue weighted by Gasteiger charge is -2.20. The van der Waals surface area contributed by atoms with E-state index in [4.69, 9.17) is 0 Å². The quantitative estimate of drug-likeness (QED) is 0.636. The molecule has 0 saturated carbocycles. The van der Waals surface area contributed by atoms with Gasteiger partial charge in [-0.3, -0.25) is 14.9 Å². The molecule has 1 aromatic heterocycles. The van der Waals surface area contributed by atoms with Crippen LogP contribution in [0.2, 0.25) is 0 Å². The number of anilines is 2. The standard InChI is InChI=1S/C12H18N6O3/c1-3-13-12-14-7-9(18(20)21)11(15-12)17-6-4-5-16(2)10(19)8-17/h7H,3-6,8H2,1-2H3,(H,13,14,15). The minimum Gasteiger partial charge on any atom is -0.354 e. The minimum atomic E-state index is -0.524. The van der Waals surface area contributed by atoms with Crippen molar-refractivity contribution in [2.24, 2.45) is 0 Å². The lowest BCUT2D eigenvalue weighted by atomic mass is 10.3. The highest BCUT2D eigenvalue weighted by atomic mass is 16.6. The second-order valence-corrected chi connectivity index (χ2v) is 4.78. The van der Waals surface area contributed by atoms with E-state index in [9.17, 15) is 14.9 Å². The van der Waals surface area contributed by atoms with Crippen LogP contribution >= 0.6 is 0 Å². The van der Waals surface area contributed by atoms with Crippen molar-refractivity contribution in [3.8, 4) is 0 Å². The topological polar surface area (TPSA) is 104 Å². The Kier molecular flexibility index (Phi) is 4.51. The van der Waals surface area contributed by atoms with Crippen LogP contribution in [0.1, 0.15) is 13.3 Å². The van der Waals surface area contributed by atoms with E-state index < -0.39 is 4.92 Å². The summed E-state index contributed by atoms with van der Waals surface area (Å²) >= 11 is 0. The molecule has 0 spiro atoms. The van der Waals surface area contributed by atoms with Crippen LogP contribution in [0.4, 0.5) is 17.5 Å². The smallest absolute Gasteiger partial charge is 0.329 e. The van der Waals surface area contributed by atoms with Crippen LogP contribution in [0, 0.1) is 10.1 Å². The van der Waals surface area contributed by atoms with Gasteiger partial charge >= 0.3 is 5.69 Å². The summed E-state index contributed by atoms with van der Waals surface area (Å²) in [6.45, 7) is 3.75. The number of amides is 1. The summed E-state index contributed by atoms with van der Waals surface area (Å²) in [6.07, 6.45) is 1.92. The third-order valence-electron chi connectivity index (χ3n) is 3.25. The molecule has 2 heterocycles. The molecule has 1 fully saturated rings. The van der Waals surface area contributed by atoms with Crippen LogP contribution in [-0.4, -0.2) is 58.9 Å². The minimum absolute atomic E-state index is 0.0783. The van der Waals surface area contributed by atoms with Crippen LogP contribution in [0.5, 0.6) is 0 Å². The maximum Gasteiger partial charge on any atom is 0.329 e. The van der Waals surface area contributed by atoms with Gasteiger partial charge in [-0.25, -0.2) is 4.98 Å². The molecule has 1 amide bonds. The van der Waals surface area contributed by atoms with E-state index >= 15 is 0 Å². The van der Waals surface area contributed by atoms with E-state index in [1.807, 2.05) is 6.92 Å². The molecule has 0 unspecified atom stereocenters. The predicted octanol–water partition coefficient (Wildman–Crippen LogP) is 0.485. The van der Waals surface area contributed by atoms with Crippen LogP contribution in [0.3, 0.4) is 0 Å². The number of hydrogen-bond acceptors (Lipinski definition) is 7. The normalized spacial score (nSPS) is 15.8. The summed E-state index contributed by atoms with van der Waals surface area (Å²) < 4.78 is 0. The number of carbonyl (C=O) groups is 1. The van der Waals surface area contributed by atoms with Gasteiger partial charge in [0.2, 0.25) is 17.7 Å². The molecule has 2 rings (SSSR count). The summed E-state index contributed by atoms with van der Waals surface area (Å²) in [7, 11) is 1.73. The Balaban J connectivity index is 2.37. The van der Waals surface area contributed by atoms with E-state index in [1.54, 1.807) is 16.8 Å². The van der Waals surface area contributed by atoms with Crippen molar-refractivity contribution < 1.29 is 9.72 Å². The van der Waals surface area contributed by atoms with Gasteiger partial charge in [0.15, 0.2) is 0 Å². The summed E-state index contributed by atoms with van der Waals surface area (Å²) in [6, 6.07) is 0. The molecule has 0 aromatic carbocycles. The predicted molar refractivity (Wildman–Crippen MR) is 77.3 cm³/mol. The van der Waals surface area contributed by atoms with E-state index in [-0.39, 0.29) is 24.0 Å². The van der Waals surface area contributed by atoms with Gasteiger partial charge in [-0.1, -0.05) is 0 Å². The second kappa shape index (κ2) is 6.33. The molecule has 0 radical (unpaired) electrons. The highest BCUT2D eigenvalue weighted by molar-refractivity contribution is 5.82. The van der Waals surface area contributed by atoms with E-state index in [2.05, 4.69) is 15.3 Å². The lowest BCUT2D eigenvalue weighted by molar-refractivity contribution is -0.384. The number of nitrogens with zero attached hydrogens (tertiary/aromatic N) is 5. The van der Waals surface area contributed by atoms with Crippen LogP contribution in [-0.2, 0) is 4.79 Å². The second-order valence-electron chi connectivity index (χ2n) is 4.78. The van der Waals surface area contributed by atoms with Gasteiger partial charge in [0.25, 0.3) is 0 Å². The maximum absolute atomic E-state index is 11.9. The molecule has 1 aromatic rings. The largest absolute Gasteiger partial charge is 0.354 e. The van der Waals surface area contributed by atoms with Gasteiger partial charge in [-0.2, -0.15) is 4.98 Å². The van der Waals surface area contributed by atoms with Crippen molar-refractivity contribution in [1.82, 2.24) is 14.9 Å². The van der Waals surface area contributed by atoms with Crippen molar-refractivity contribution in [2.45, 2.75) is 13.3 Å². The van der Waals surface area contributed by atoms with Crippen LogP contribution in [0.25, 0.3) is 0 Å². The summed E-state index contributed by atoms with van der Waals surface area (Å²) in [5.41, 5.74) is -0.186. The Morgan fingerprint density at radius 3 is 2.90 bits per heavy atom. The summed E-state index contributed by atoms with van der Waals surface area (Å²) in [5, 5.41) is 14.1. The number of rotatable bonds is 4. The van der Waals surface area contributed by atoms with Gasteiger partial charge in [0.1, 0.15) is 6.20 Å². The van der Waals surface area contributed by atoms with Crippen molar-refractivity contribution in [1.29, 1.82) is 0 Å². The average Bonchev–Trinajstić information content (AvgIpc) is 2.61. The van der Waals surface area contributed by atoms with Crippen molar-refractivity contribution in [3.05, 3.63) is 16.3 Å². The summed E-state index contributed by atoms with van der Waals surface area (Å²) in [5.74, 6) is 0.433. The van der Waals surface area contributed by atoms with Crippen molar-refractivity contribution >= 4 is 23.4 Å². The van der Waals surface area contributed by atoms with E-state index in [0.29, 0.717) is 25.6 Å². The first-order valence-electron chi connectivity index (χ1n) is 6.77. The van der Waals surface area contributed by atoms with Crippen LogP contribution in [0.15, 0.2) is 6.20 Å². The fourth-order valence-electron chi connectivity index (χ4n) is 2.14. The van der Waals surface area contributed by atoms with Crippen molar-refractivity contribution in [3.63, 3.8) is 0 Å². The van der Waals surface area contributed by atoms with Gasteiger partial charge in [0.05, 0.1) is 11.5 Å². The molecule has 1 aliphatic heterocycles. The van der Waals surface area contributed by atoms with Gasteiger partial charge < -0.3 is 15.1 Å². The number of likely N-dealkylation sites (N-methyl/N-ethyl adjacent to an activating group) is 1. The number of nitrogens with one attached hydrogen (secondary N) is 1. The molecule has 1 aliphatic rings. The fourth-order valence-corrected chi connectivity index (χ4v) is 2.14. The molecule has 9 nitrogen and oxygen atoms in total. The number of aromatic nitrogens is 2. The van der Waals surface area contributed by atoms with Crippen LogP contribution < -0.4 is 10.2 Å². The molecule has 114 valence electrons.